The lowest BCUT2D eigenvalue weighted by molar-refractivity contribution is 0.0861. The molecule has 0 saturated carbocycles. The maximum Gasteiger partial charge on any atom is 0.275 e. The van der Waals surface area contributed by atoms with Gasteiger partial charge in [0.1, 0.15) is 0 Å². The number of thiophene rings is 1. The molecule has 0 bridgehead atoms. The number of carbonyl (C=O) groups is 1. The minimum Gasteiger partial charge on any atom is -0.285 e. The van der Waals surface area contributed by atoms with Crippen LogP contribution in [-0.2, 0) is 12.8 Å². The third kappa shape index (κ3) is 2.44. The van der Waals surface area contributed by atoms with Crippen LogP contribution in [0.2, 0.25) is 0 Å². The molecule has 4 heteroatoms. The van der Waals surface area contributed by atoms with Crippen LogP contribution in [0.3, 0.4) is 0 Å². The summed E-state index contributed by atoms with van der Waals surface area (Å²) in [6.45, 7) is 2.28. The van der Waals surface area contributed by atoms with Crippen molar-refractivity contribution in [1.29, 1.82) is 0 Å². The molecule has 0 fully saturated rings. The van der Waals surface area contributed by atoms with Gasteiger partial charge >= 0.3 is 0 Å². The van der Waals surface area contributed by atoms with E-state index >= 15 is 0 Å². The van der Waals surface area contributed by atoms with Crippen LogP contribution in [0.1, 0.15) is 33.5 Å². The molecule has 0 radical (unpaired) electrons. The molecular formula is C12H18N2OS. The Balaban J connectivity index is 2.15. The number of nitrogens with one attached hydrogen (secondary N) is 1. The van der Waals surface area contributed by atoms with Crippen LogP contribution >= 0.6 is 11.3 Å². The monoisotopic (exact) mass is 238 g/mol. The Morgan fingerprint density at radius 2 is 2.31 bits per heavy atom. The third-order valence-corrected chi connectivity index (χ3v) is 4.11. The Labute approximate surface area is 100 Å². The first kappa shape index (κ1) is 11.6. The number of hydrazine groups is 1. The third-order valence-electron chi connectivity index (χ3n) is 2.88. The van der Waals surface area contributed by atoms with Gasteiger partial charge < -0.3 is 0 Å². The fourth-order valence-electron chi connectivity index (χ4n) is 2.08. The molecule has 1 N–H and O–H groups in total. The second-order valence-electron chi connectivity index (χ2n) is 4.74. The van der Waals surface area contributed by atoms with E-state index in [9.17, 15) is 4.79 Å². The maximum atomic E-state index is 11.8. The number of nitrogens with zero attached hydrogens (tertiary/aromatic N) is 1. The van der Waals surface area contributed by atoms with Crippen LogP contribution in [0, 0.1) is 5.92 Å². The van der Waals surface area contributed by atoms with Gasteiger partial charge in [0.25, 0.3) is 5.91 Å². The first-order valence-corrected chi connectivity index (χ1v) is 6.48. The van der Waals surface area contributed by atoms with E-state index in [1.54, 1.807) is 16.3 Å². The lowest BCUT2D eigenvalue weighted by atomic mass is 9.90. The Morgan fingerprint density at radius 1 is 1.56 bits per heavy atom. The highest BCUT2D eigenvalue weighted by Crippen LogP contribution is 2.32. The molecule has 1 aromatic rings. The van der Waals surface area contributed by atoms with Crippen molar-refractivity contribution in [2.45, 2.75) is 26.2 Å². The van der Waals surface area contributed by atoms with Gasteiger partial charge in [-0.1, -0.05) is 6.92 Å². The number of fused-ring (bicyclic) bond motifs is 1. The summed E-state index contributed by atoms with van der Waals surface area (Å²) in [5.41, 5.74) is 4.17. The Bertz CT molecular complexity index is 398. The van der Waals surface area contributed by atoms with E-state index in [0.29, 0.717) is 0 Å². The van der Waals surface area contributed by atoms with Crippen molar-refractivity contribution < 1.29 is 4.79 Å². The first-order valence-electron chi connectivity index (χ1n) is 5.66. The van der Waals surface area contributed by atoms with E-state index < -0.39 is 0 Å². The second-order valence-corrected chi connectivity index (χ2v) is 5.88. The average Bonchev–Trinajstić information content (AvgIpc) is 2.59. The zero-order valence-electron chi connectivity index (χ0n) is 10.0. The van der Waals surface area contributed by atoms with Crippen molar-refractivity contribution in [3.05, 3.63) is 21.4 Å². The first-order chi connectivity index (χ1) is 7.56. The zero-order chi connectivity index (χ0) is 11.7. The largest absolute Gasteiger partial charge is 0.285 e. The molecule has 88 valence electrons. The Hall–Kier alpha value is -0.870. The van der Waals surface area contributed by atoms with E-state index in [1.807, 2.05) is 14.1 Å². The van der Waals surface area contributed by atoms with Gasteiger partial charge in [-0.05, 0) is 36.8 Å². The second kappa shape index (κ2) is 4.55. The van der Waals surface area contributed by atoms with Gasteiger partial charge in [-0.2, -0.15) is 0 Å². The van der Waals surface area contributed by atoms with Crippen molar-refractivity contribution in [2.75, 3.05) is 14.1 Å². The fraction of sp³-hybridized carbons (Fsp3) is 0.583. The highest BCUT2D eigenvalue weighted by Gasteiger charge is 2.20. The van der Waals surface area contributed by atoms with Crippen LogP contribution in [0.5, 0.6) is 0 Å². The summed E-state index contributed by atoms with van der Waals surface area (Å²) in [6.07, 6.45) is 3.51. The Morgan fingerprint density at radius 3 is 3.00 bits per heavy atom. The molecule has 1 aliphatic rings. The lowest BCUT2D eigenvalue weighted by Crippen LogP contribution is -2.35. The molecule has 0 unspecified atom stereocenters. The van der Waals surface area contributed by atoms with Crippen molar-refractivity contribution in [3.8, 4) is 0 Å². The minimum atomic E-state index is 0.0112. The standard InChI is InChI=1S/C12H18N2OS/c1-8-4-5-10-9(6-8)7-11(16-10)12(15)13-14(2)3/h7-8H,4-6H2,1-3H3,(H,13,15)/t8-/m0/s1. The highest BCUT2D eigenvalue weighted by atomic mass is 32.1. The van der Waals surface area contributed by atoms with Crippen LogP contribution < -0.4 is 5.43 Å². The molecule has 1 amide bonds. The van der Waals surface area contributed by atoms with Crippen LogP contribution in [-0.4, -0.2) is 25.0 Å². The van der Waals surface area contributed by atoms with Gasteiger partial charge in [0.2, 0.25) is 0 Å². The molecule has 0 spiro atoms. The topological polar surface area (TPSA) is 32.3 Å². The molecule has 1 aliphatic carbocycles. The van der Waals surface area contributed by atoms with Gasteiger partial charge in [0.15, 0.2) is 0 Å². The van der Waals surface area contributed by atoms with E-state index in [2.05, 4.69) is 18.4 Å². The van der Waals surface area contributed by atoms with Gasteiger partial charge in [0.05, 0.1) is 4.88 Å². The molecule has 2 rings (SSSR count). The average molecular weight is 238 g/mol. The molecule has 3 nitrogen and oxygen atoms in total. The summed E-state index contributed by atoms with van der Waals surface area (Å²) in [5.74, 6) is 0.768. The molecule has 1 heterocycles. The molecule has 1 aromatic heterocycles. The van der Waals surface area contributed by atoms with Crippen molar-refractivity contribution in [1.82, 2.24) is 10.4 Å². The maximum absolute atomic E-state index is 11.8. The minimum absolute atomic E-state index is 0.0112. The van der Waals surface area contributed by atoms with E-state index in [-0.39, 0.29) is 5.91 Å². The molecule has 16 heavy (non-hydrogen) atoms. The van der Waals surface area contributed by atoms with Gasteiger partial charge in [-0.25, -0.2) is 5.01 Å². The summed E-state index contributed by atoms with van der Waals surface area (Å²) < 4.78 is 0. The summed E-state index contributed by atoms with van der Waals surface area (Å²) in [4.78, 5) is 14.1. The van der Waals surface area contributed by atoms with E-state index in [4.69, 9.17) is 0 Å². The summed E-state index contributed by atoms with van der Waals surface area (Å²) in [6, 6.07) is 2.06. The number of rotatable bonds is 2. The van der Waals surface area contributed by atoms with Crippen molar-refractivity contribution in [3.63, 3.8) is 0 Å². The zero-order valence-corrected chi connectivity index (χ0v) is 10.9. The normalized spacial score (nSPS) is 19.6. The molecule has 0 saturated heterocycles. The molecule has 1 atom stereocenters. The molecule has 0 aromatic carbocycles. The van der Waals surface area contributed by atoms with Crippen LogP contribution in [0.4, 0.5) is 0 Å². The number of aryl methyl sites for hydroxylation is 1. The fourth-order valence-corrected chi connectivity index (χ4v) is 3.17. The summed E-state index contributed by atoms with van der Waals surface area (Å²) in [5, 5.41) is 1.68. The van der Waals surface area contributed by atoms with Gasteiger partial charge in [-0.15, -0.1) is 11.3 Å². The smallest absolute Gasteiger partial charge is 0.275 e. The number of amides is 1. The van der Waals surface area contributed by atoms with Crippen molar-refractivity contribution >= 4 is 17.2 Å². The Kier molecular flexibility index (Phi) is 3.30. The highest BCUT2D eigenvalue weighted by molar-refractivity contribution is 7.14. The predicted octanol–water partition coefficient (Wildman–Crippen LogP) is 2.08. The number of carbonyl (C=O) groups excluding carboxylic acids is 1. The number of hydrogen-bond acceptors (Lipinski definition) is 3. The van der Waals surface area contributed by atoms with Crippen LogP contribution in [0.25, 0.3) is 0 Å². The predicted molar refractivity (Wildman–Crippen MR) is 66.7 cm³/mol. The van der Waals surface area contributed by atoms with Gasteiger partial charge in [0, 0.05) is 19.0 Å². The van der Waals surface area contributed by atoms with E-state index in [0.717, 1.165) is 23.6 Å². The number of hydrogen-bond donors (Lipinski definition) is 1. The summed E-state index contributed by atoms with van der Waals surface area (Å²) >= 11 is 1.65. The summed E-state index contributed by atoms with van der Waals surface area (Å²) in [7, 11) is 3.65. The molecular weight excluding hydrogens is 220 g/mol. The quantitative estimate of drug-likeness (QED) is 0.800. The van der Waals surface area contributed by atoms with Crippen molar-refractivity contribution in [2.24, 2.45) is 5.92 Å². The lowest BCUT2D eigenvalue weighted by Gasteiger charge is -2.16. The SMILES string of the molecule is C[C@H]1CCc2sc(C(=O)NN(C)C)cc2C1. The van der Waals surface area contributed by atoms with Gasteiger partial charge in [-0.3, -0.25) is 10.2 Å². The van der Waals surface area contributed by atoms with Crippen LogP contribution in [0.15, 0.2) is 6.07 Å². The molecule has 0 aliphatic heterocycles. The van der Waals surface area contributed by atoms with E-state index in [1.165, 1.54) is 16.9 Å².